The van der Waals surface area contributed by atoms with Crippen LogP contribution in [0.5, 0.6) is 11.5 Å². The Labute approximate surface area is 140 Å². The van der Waals surface area contributed by atoms with E-state index in [9.17, 15) is 0 Å². The molecule has 0 N–H and O–H groups in total. The highest BCUT2D eigenvalue weighted by Gasteiger charge is 2.09. The Morgan fingerprint density at radius 2 is 1.83 bits per heavy atom. The molecule has 6 heteroatoms. The van der Waals surface area contributed by atoms with Crippen molar-refractivity contribution in [2.75, 3.05) is 39.5 Å². The van der Waals surface area contributed by atoms with Crippen molar-refractivity contribution in [3.8, 4) is 11.5 Å². The smallest absolute Gasteiger partial charge is 0.140 e. The van der Waals surface area contributed by atoms with Crippen LogP contribution in [0.2, 0.25) is 0 Å². The monoisotopic (exact) mass is 334 g/mol. The second-order valence-electron chi connectivity index (χ2n) is 5.45. The molecule has 1 aromatic heterocycles. The summed E-state index contributed by atoms with van der Waals surface area (Å²) < 4.78 is 16.8. The molecule has 0 saturated carbocycles. The second-order valence-corrected chi connectivity index (χ2v) is 6.39. The number of hydrogen-bond donors (Lipinski definition) is 0. The number of rotatable bonds is 7. The van der Waals surface area contributed by atoms with Crippen LogP contribution >= 0.6 is 11.3 Å². The number of aryl methyl sites for hydroxylation is 1. The molecule has 23 heavy (non-hydrogen) atoms. The van der Waals surface area contributed by atoms with E-state index in [-0.39, 0.29) is 0 Å². The van der Waals surface area contributed by atoms with Crippen molar-refractivity contribution in [2.45, 2.75) is 13.5 Å². The van der Waals surface area contributed by atoms with E-state index in [0.717, 1.165) is 55.0 Å². The van der Waals surface area contributed by atoms with Crippen molar-refractivity contribution in [2.24, 2.45) is 0 Å². The molecule has 124 valence electrons. The summed E-state index contributed by atoms with van der Waals surface area (Å²) in [6.45, 7) is 7.76. The standard InChI is InChI=1S/C17H22N2O3S/c1-14-13-23-17(18-14)12-22-16-4-2-15(3-5-16)21-11-8-19-6-9-20-10-7-19/h2-5,13H,6-12H2,1H3. The van der Waals surface area contributed by atoms with Gasteiger partial charge in [-0.2, -0.15) is 0 Å². The summed E-state index contributed by atoms with van der Waals surface area (Å²) in [5.41, 5.74) is 1.04. The minimum atomic E-state index is 0.510. The molecule has 0 amide bonds. The molecule has 0 spiro atoms. The zero-order valence-electron chi connectivity index (χ0n) is 13.4. The van der Waals surface area contributed by atoms with E-state index in [1.165, 1.54) is 0 Å². The van der Waals surface area contributed by atoms with Crippen LogP contribution < -0.4 is 9.47 Å². The van der Waals surface area contributed by atoms with Gasteiger partial charge in [-0.15, -0.1) is 11.3 Å². The molecule has 1 aliphatic heterocycles. The molecule has 2 aromatic rings. The summed E-state index contributed by atoms with van der Waals surface area (Å²) in [6, 6.07) is 7.76. The van der Waals surface area contributed by atoms with Crippen molar-refractivity contribution < 1.29 is 14.2 Å². The summed E-state index contributed by atoms with van der Waals surface area (Å²) in [5.74, 6) is 1.70. The van der Waals surface area contributed by atoms with Crippen LogP contribution in [-0.4, -0.2) is 49.3 Å². The SMILES string of the molecule is Cc1csc(COc2ccc(OCCN3CCOCC3)cc2)n1. The summed E-state index contributed by atoms with van der Waals surface area (Å²) in [5, 5.41) is 3.03. The van der Waals surface area contributed by atoms with E-state index >= 15 is 0 Å². The number of benzene rings is 1. The topological polar surface area (TPSA) is 43.8 Å². The maximum absolute atomic E-state index is 5.78. The molecular weight excluding hydrogens is 312 g/mol. The average Bonchev–Trinajstić information content (AvgIpc) is 3.01. The van der Waals surface area contributed by atoms with E-state index < -0.39 is 0 Å². The van der Waals surface area contributed by atoms with Crippen LogP contribution in [0, 0.1) is 6.92 Å². The predicted molar refractivity (Wildman–Crippen MR) is 90.4 cm³/mol. The van der Waals surface area contributed by atoms with Gasteiger partial charge in [-0.1, -0.05) is 0 Å². The lowest BCUT2D eigenvalue weighted by Gasteiger charge is -2.26. The first-order valence-electron chi connectivity index (χ1n) is 7.86. The molecule has 3 rings (SSSR count). The highest BCUT2D eigenvalue weighted by Crippen LogP contribution is 2.19. The summed E-state index contributed by atoms with van der Waals surface area (Å²) >= 11 is 1.62. The van der Waals surface area contributed by atoms with Crippen molar-refractivity contribution >= 4 is 11.3 Å². The normalized spacial score (nSPS) is 15.5. The van der Waals surface area contributed by atoms with Gasteiger partial charge in [0.1, 0.15) is 29.7 Å². The molecule has 2 heterocycles. The number of aromatic nitrogens is 1. The van der Waals surface area contributed by atoms with Crippen molar-refractivity contribution in [3.05, 3.63) is 40.3 Å². The van der Waals surface area contributed by atoms with E-state index in [4.69, 9.17) is 14.2 Å². The summed E-state index contributed by atoms with van der Waals surface area (Å²) in [7, 11) is 0. The second kappa shape index (κ2) is 8.29. The maximum atomic E-state index is 5.78. The average molecular weight is 334 g/mol. The van der Waals surface area contributed by atoms with Gasteiger partial charge in [0.15, 0.2) is 0 Å². The van der Waals surface area contributed by atoms with Gasteiger partial charge in [0.25, 0.3) is 0 Å². The molecule has 0 radical (unpaired) electrons. The first kappa shape index (κ1) is 16.2. The Morgan fingerprint density at radius 1 is 1.13 bits per heavy atom. The van der Waals surface area contributed by atoms with Crippen LogP contribution in [0.15, 0.2) is 29.6 Å². The van der Waals surface area contributed by atoms with Gasteiger partial charge < -0.3 is 14.2 Å². The van der Waals surface area contributed by atoms with Crippen molar-refractivity contribution in [1.29, 1.82) is 0 Å². The predicted octanol–water partition coefficient (Wildman–Crippen LogP) is 2.74. The van der Waals surface area contributed by atoms with E-state index in [1.54, 1.807) is 11.3 Å². The number of morpholine rings is 1. The lowest BCUT2D eigenvalue weighted by atomic mass is 10.3. The Balaban J connectivity index is 1.39. The van der Waals surface area contributed by atoms with Crippen LogP contribution in [0.4, 0.5) is 0 Å². The largest absolute Gasteiger partial charge is 0.492 e. The zero-order valence-corrected chi connectivity index (χ0v) is 14.2. The third-order valence-electron chi connectivity index (χ3n) is 3.63. The molecule has 1 saturated heterocycles. The van der Waals surface area contributed by atoms with Crippen molar-refractivity contribution in [1.82, 2.24) is 9.88 Å². The highest BCUT2D eigenvalue weighted by molar-refractivity contribution is 7.09. The maximum Gasteiger partial charge on any atom is 0.140 e. The molecular formula is C17H22N2O3S. The first-order chi connectivity index (χ1) is 11.3. The van der Waals surface area contributed by atoms with Gasteiger partial charge in [0.05, 0.1) is 13.2 Å². The number of thiazole rings is 1. The number of ether oxygens (including phenoxy) is 3. The van der Waals surface area contributed by atoms with Gasteiger partial charge in [-0.3, -0.25) is 4.90 Å². The Kier molecular flexibility index (Phi) is 5.85. The fourth-order valence-electron chi connectivity index (χ4n) is 2.36. The Bertz CT molecular complexity index is 594. The lowest BCUT2D eigenvalue weighted by Crippen LogP contribution is -2.38. The molecule has 0 aliphatic carbocycles. The Morgan fingerprint density at radius 3 is 2.48 bits per heavy atom. The molecule has 0 bridgehead atoms. The number of nitrogens with zero attached hydrogens (tertiary/aromatic N) is 2. The quantitative estimate of drug-likeness (QED) is 0.779. The fraction of sp³-hybridized carbons (Fsp3) is 0.471. The fourth-order valence-corrected chi connectivity index (χ4v) is 3.05. The first-order valence-corrected chi connectivity index (χ1v) is 8.74. The molecule has 5 nitrogen and oxygen atoms in total. The highest BCUT2D eigenvalue weighted by atomic mass is 32.1. The third-order valence-corrected chi connectivity index (χ3v) is 4.57. The molecule has 0 unspecified atom stereocenters. The van der Waals surface area contributed by atoms with E-state index in [0.29, 0.717) is 13.2 Å². The van der Waals surface area contributed by atoms with Crippen LogP contribution in [0.3, 0.4) is 0 Å². The van der Waals surface area contributed by atoms with E-state index in [1.807, 2.05) is 36.6 Å². The van der Waals surface area contributed by atoms with Gasteiger partial charge in [-0.25, -0.2) is 4.98 Å². The zero-order chi connectivity index (χ0) is 15.9. The lowest BCUT2D eigenvalue weighted by molar-refractivity contribution is 0.0322. The Hall–Kier alpha value is -1.63. The minimum Gasteiger partial charge on any atom is -0.492 e. The molecule has 1 aliphatic rings. The van der Waals surface area contributed by atoms with Crippen molar-refractivity contribution in [3.63, 3.8) is 0 Å². The van der Waals surface area contributed by atoms with E-state index in [2.05, 4.69) is 9.88 Å². The third kappa shape index (κ3) is 5.20. The summed E-state index contributed by atoms with van der Waals surface area (Å²) in [4.78, 5) is 6.74. The molecule has 0 atom stereocenters. The van der Waals surface area contributed by atoms with Crippen LogP contribution in [0.1, 0.15) is 10.7 Å². The van der Waals surface area contributed by atoms with Gasteiger partial charge in [0.2, 0.25) is 0 Å². The minimum absolute atomic E-state index is 0.510. The number of hydrogen-bond acceptors (Lipinski definition) is 6. The van der Waals surface area contributed by atoms with Gasteiger partial charge in [0, 0.05) is 30.7 Å². The molecule has 1 aromatic carbocycles. The van der Waals surface area contributed by atoms with Gasteiger partial charge >= 0.3 is 0 Å². The van der Waals surface area contributed by atoms with Gasteiger partial charge in [-0.05, 0) is 31.2 Å². The van der Waals surface area contributed by atoms with Crippen LogP contribution in [0.25, 0.3) is 0 Å². The summed E-state index contributed by atoms with van der Waals surface area (Å²) in [6.07, 6.45) is 0. The molecule has 1 fully saturated rings. The van der Waals surface area contributed by atoms with Crippen LogP contribution in [-0.2, 0) is 11.3 Å².